The van der Waals surface area contributed by atoms with Crippen LogP contribution in [0.4, 0.5) is 5.69 Å². The van der Waals surface area contributed by atoms with Crippen LogP contribution in [0.5, 0.6) is 5.75 Å². The molecule has 0 saturated carbocycles. The van der Waals surface area contributed by atoms with Crippen molar-refractivity contribution in [3.05, 3.63) is 24.3 Å². The maximum atomic E-state index is 9.24. The number of anilines is 1. The minimum atomic E-state index is 0.328. The zero-order chi connectivity index (χ0) is 10.8. The molecule has 0 bridgehead atoms. The zero-order valence-electron chi connectivity index (χ0n) is 9.27. The predicted molar refractivity (Wildman–Crippen MR) is 62.4 cm³/mol. The Labute approximate surface area is 90.7 Å². The Morgan fingerprint density at radius 1 is 1.27 bits per heavy atom. The molecule has 0 amide bonds. The summed E-state index contributed by atoms with van der Waals surface area (Å²) in [6.07, 6.45) is 0. The first-order chi connectivity index (χ1) is 7.16. The fourth-order valence-corrected chi connectivity index (χ4v) is 2.03. The third-order valence-corrected chi connectivity index (χ3v) is 2.95. The monoisotopic (exact) mass is 206 g/mol. The number of piperazine rings is 1. The van der Waals surface area contributed by atoms with Gasteiger partial charge in [0.1, 0.15) is 5.75 Å². The fraction of sp³-hybridized carbons (Fsp3) is 0.500. The Kier molecular flexibility index (Phi) is 2.82. The molecule has 15 heavy (non-hydrogen) atoms. The first kappa shape index (κ1) is 10.3. The van der Waals surface area contributed by atoms with E-state index >= 15 is 0 Å². The summed E-state index contributed by atoms with van der Waals surface area (Å²) in [5, 5.41) is 12.7. The molecule has 2 unspecified atom stereocenters. The van der Waals surface area contributed by atoms with Gasteiger partial charge in [0.15, 0.2) is 0 Å². The smallest absolute Gasteiger partial charge is 0.115 e. The molecular weight excluding hydrogens is 188 g/mol. The van der Waals surface area contributed by atoms with E-state index in [-0.39, 0.29) is 0 Å². The standard InChI is InChI=1S/C12H18N2O/c1-9-8-14(10(2)7-13-9)11-3-5-12(15)6-4-11/h3-6,9-10,13,15H,7-8H2,1-2H3. The van der Waals surface area contributed by atoms with Gasteiger partial charge in [-0.15, -0.1) is 0 Å². The Balaban J connectivity index is 2.17. The molecule has 2 N–H and O–H groups in total. The van der Waals surface area contributed by atoms with E-state index in [1.807, 2.05) is 12.1 Å². The van der Waals surface area contributed by atoms with E-state index in [1.165, 1.54) is 5.69 Å². The highest BCUT2D eigenvalue weighted by Gasteiger charge is 2.22. The predicted octanol–water partition coefficient (Wildman–Crippen LogP) is 1.58. The third-order valence-electron chi connectivity index (χ3n) is 2.95. The van der Waals surface area contributed by atoms with E-state index in [2.05, 4.69) is 24.1 Å². The molecule has 0 radical (unpaired) electrons. The van der Waals surface area contributed by atoms with Crippen molar-refractivity contribution in [1.82, 2.24) is 5.32 Å². The van der Waals surface area contributed by atoms with Gasteiger partial charge in [0, 0.05) is 30.9 Å². The maximum absolute atomic E-state index is 9.24. The lowest BCUT2D eigenvalue weighted by Crippen LogP contribution is -2.54. The van der Waals surface area contributed by atoms with Crippen LogP contribution in [0.3, 0.4) is 0 Å². The number of nitrogens with zero attached hydrogens (tertiary/aromatic N) is 1. The molecule has 1 saturated heterocycles. The fourth-order valence-electron chi connectivity index (χ4n) is 2.03. The number of nitrogens with one attached hydrogen (secondary N) is 1. The van der Waals surface area contributed by atoms with Gasteiger partial charge < -0.3 is 15.3 Å². The second-order valence-corrected chi connectivity index (χ2v) is 4.33. The SMILES string of the molecule is CC1CN(c2ccc(O)cc2)C(C)CN1. The molecule has 0 spiro atoms. The van der Waals surface area contributed by atoms with Crippen LogP contribution in [0, 0.1) is 0 Å². The van der Waals surface area contributed by atoms with Crippen LogP contribution < -0.4 is 10.2 Å². The van der Waals surface area contributed by atoms with Crippen LogP contribution in [0.2, 0.25) is 0 Å². The van der Waals surface area contributed by atoms with Crippen molar-refractivity contribution < 1.29 is 5.11 Å². The summed E-state index contributed by atoms with van der Waals surface area (Å²) in [6.45, 7) is 6.44. The largest absolute Gasteiger partial charge is 0.508 e. The van der Waals surface area contributed by atoms with Gasteiger partial charge >= 0.3 is 0 Å². The minimum Gasteiger partial charge on any atom is -0.508 e. The number of hydrogen-bond acceptors (Lipinski definition) is 3. The third kappa shape index (κ3) is 2.23. The van der Waals surface area contributed by atoms with Crippen molar-refractivity contribution in [3.8, 4) is 5.75 Å². The number of benzene rings is 1. The highest BCUT2D eigenvalue weighted by atomic mass is 16.3. The second-order valence-electron chi connectivity index (χ2n) is 4.33. The van der Waals surface area contributed by atoms with Crippen LogP contribution >= 0.6 is 0 Å². The molecule has 3 nitrogen and oxygen atoms in total. The summed E-state index contributed by atoms with van der Waals surface area (Å²) in [5.41, 5.74) is 1.19. The summed E-state index contributed by atoms with van der Waals surface area (Å²) in [4.78, 5) is 2.38. The van der Waals surface area contributed by atoms with Crippen LogP contribution in [0.1, 0.15) is 13.8 Å². The lowest BCUT2D eigenvalue weighted by molar-refractivity contribution is 0.425. The number of hydrogen-bond donors (Lipinski definition) is 2. The topological polar surface area (TPSA) is 35.5 Å². The van der Waals surface area contributed by atoms with Crippen molar-refractivity contribution in [1.29, 1.82) is 0 Å². The highest BCUT2D eigenvalue weighted by Crippen LogP contribution is 2.22. The number of rotatable bonds is 1. The maximum Gasteiger partial charge on any atom is 0.115 e. The Morgan fingerprint density at radius 3 is 2.60 bits per heavy atom. The molecule has 0 aromatic heterocycles. The lowest BCUT2D eigenvalue weighted by atomic mass is 10.1. The lowest BCUT2D eigenvalue weighted by Gasteiger charge is -2.39. The molecule has 1 aromatic carbocycles. The van der Waals surface area contributed by atoms with Gasteiger partial charge in [-0.3, -0.25) is 0 Å². The minimum absolute atomic E-state index is 0.328. The summed E-state index contributed by atoms with van der Waals surface area (Å²) in [7, 11) is 0. The van der Waals surface area contributed by atoms with Crippen LogP contribution in [-0.4, -0.2) is 30.3 Å². The average molecular weight is 206 g/mol. The summed E-state index contributed by atoms with van der Waals surface area (Å²) in [5.74, 6) is 0.328. The van der Waals surface area contributed by atoms with Gasteiger partial charge in [0.05, 0.1) is 0 Å². The van der Waals surface area contributed by atoms with E-state index < -0.39 is 0 Å². The Morgan fingerprint density at radius 2 is 1.93 bits per heavy atom. The molecule has 1 heterocycles. The van der Waals surface area contributed by atoms with Crippen molar-refractivity contribution in [2.24, 2.45) is 0 Å². The summed E-state index contributed by atoms with van der Waals surface area (Å²) >= 11 is 0. The molecular formula is C12H18N2O. The molecule has 2 atom stereocenters. The zero-order valence-corrected chi connectivity index (χ0v) is 9.27. The quantitative estimate of drug-likeness (QED) is 0.732. The summed E-state index contributed by atoms with van der Waals surface area (Å²) in [6, 6.07) is 8.47. The van der Waals surface area contributed by atoms with Crippen molar-refractivity contribution in [2.75, 3.05) is 18.0 Å². The molecule has 1 aliphatic rings. The van der Waals surface area contributed by atoms with Gasteiger partial charge in [-0.05, 0) is 38.1 Å². The van der Waals surface area contributed by atoms with Gasteiger partial charge in [0.25, 0.3) is 0 Å². The number of aromatic hydroxyl groups is 1. The van der Waals surface area contributed by atoms with Gasteiger partial charge in [0.2, 0.25) is 0 Å². The van der Waals surface area contributed by atoms with Gasteiger partial charge in [-0.1, -0.05) is 0 Å². The Hall–Kier alpha value is -1.22. The first-order valence-electron chi connectivity index (χ1n) is 5.46. The van der Waals surface area contributed by atoms with E-state index in [1.54, 1.807) is 12.1 Å². The molecule has 1 aliphatic heterocycles. The van der Waals surface area contributed by atoms with Crippen LogP contribution in [0.25, 0.3) is 0 Å². The molecule has 2 rings (SSSR count). The van der Waals surface area contributed by atoms with E-state index in [0.717, 1.165) is 13.1 Å². The molecule has 0 aliphatic carbocycles. The van der Waals surface area contributed by atoms with Crippen molar-refractivity contribution >= 4 is 5.69 Å². The normalized spacial score (nSPS) is 26.7. The summed E-state index contributed by atoms with van der Waals surface area (Å²) < 4.78 is 0. The number of phenolic OH excluding ortho intramolecular Hbond substituents is 1. The number of phenols is 1. The molecule has 1 aromatic rings. The van der Waals surface area contributed by atoms with Crippen LogP contribution in [0.15, 0.2) is 24.3 Å². The molecule has 82 valence electrons. The molecule has 1 fully saturated rings. The van der Waals surface area contributed by atoms with Crippen LogP contribution in [-0.2, 0) is 0 Å². The molecule has 3 heteroatoms. The second kappa shape index (κ2) is 4.11. The average Bonchev–Trinajstić information content (AvgIpc) is 2.23. The first-order valence-corrected chi connectivity index (χ1v) is 5.46. The highest BCUT2D eigenvalue weighted by molar-refractivity contribution is 5.50. The van der Waals surface area contributed by atoms with Crippen molar-refractivity contribution in [3.63, 3.8) is 0 Å². The Bertz CT molecular complexity index is 323. The van der Waals surface area contributed by atoms with Gasteiger partial charge in [-0.2, -0.15) is 0 Å². The van der Waals surface area contributed by atoms with E-state index in [4.69, 9.17) is 0 Å². The van der Waals surface area contributed by atoms with Gasteiger partial charge in [-0.25, -0.2) is 0 Å². The van der Waals surface area contributed by atoms with E-state index in [9.17, 15) is 5.11 Å². The van der Waals surface area contributed by atoms with Crippen molar-refractivity contribution in [2.45, 2.75) is 25.9 Å². The van der Waals surface area contributed by atoms with E-state index in [0.29, 0.717) is 17.8 Å².